The van der Waals surface area contributed by atoms with Gasteiger partial charge in [0.15, 0.2) is 11.0 Å². The molecule has 0 aliphatic heterocycles. The molecule has 0 fully saturated rings. The van der Waals surface area contributed by atoms with Crippen molar-refractivity contribution in [3.63, 3.8) is 0 Å². The monoisotopic (exact) mass is 431 g/mol. The molecule has 0 amide bonds. The molecular formula is C19H16F3N7S. The lowest BCUT2D eigenvalue weighted by atomic mass is 10.1. The fraction of sp³-hybridized carbons (Fsp3) is 0.211. The summed E-state index contributed by atoms with van der Waals surface area (Å²) >= 11 is 1.38. The van der Waals surface area contributed by atoms with Gasteiger partial charge in [-0.05, 0) is 60.2 Å². The highest BCUT2D eigenvalue weighted by atomic mass is 32.2. The van der Waals surface area contributed by atoms with Gasteiger partial charge in [-0.3, -0.25) is 4.57 Å². The summed E-state index contributed by atoms with van der Waals surface area (Å²) in [5.74, 6) is 0.840. The van der Waals surface area contributed by atoms with Gasteiger partial charge in [-0.1, -0.05) is 29.5 Å². The largest absolute Gasteiger partial charge is 0.416 e. The van der Waals surface area contributed by atoms with E-state index in [9.17, 15) is 13.2 Å². The smallest absolute Gasteiger partial charge is 0.276 e. The maximum absolute atomic E-state index is 12.8. The van der Waals surface area contributed by atoms with Crippen molar-refractivity contribution in [1.29, 1.82) is 0 Å². The summed E-state index contributed by atoms with van der Waals surface area (Å²) in [6.07, 6.45) is -2.76. The van der Waals surface area contributed by atoms with E-state index in [1.54, 1.807) is 6.33 Å². The molecule has 0 N–H and O–H groups in total. The highest BCUT2D eigenvalue weighted by Crippen LogP contribution is 2.30. The van der Waals surface area contributed by atoms with Crippen LogP contribution in [-0.4, -0.2) is 35.0 Å². The quantitative estimate of drug-likeness (QED) is 0.442. The molecule has 0 spiro atoms. The normalized spacial score (nSPS) is 11.8. The van der Waals surface area contributed by atoms with Crippen LogP contribution in [-0.2, 0) is 11.9 Å². The zero-order valence-corrected chi connectivity index (χ0v) is 16.8. The maximum Gasteiger partial charge on any atom is 0.416 e. The molecule has 0 radical (unpaired) electrons. The Labute approximate surface area is 173 Å². The maximum atomic E-state index is 12.8. The highest BCUT2D eigenvalue weighted by Gasteiger charge is 2.30. The SMILES string of the molecule is Cc1ccc(-n2cnnc2SCc2nnnn2-c2ccc(C(F)(F)F)cc2)c(C)c1. The van der Waals surface area contributed by atoms with Gasteiger partial charge in [0, 0.05) is 0 Å². The van der Waals surface area contributed by atoms with Gasteiger partial charge in [0.25, 0.3) is 0 Å². The summed E-state index contributed by atoms with van der Waals surface area (Å²) in [5, 5.41) is 20.4. The highest BCUT2D eigenvalue weighted by molar-refractivity contribution is 7.98. The molecule has 11 heteroatoms. The summed E-state index contributed by atoms with van der Waals surface area (Å²) in [4.78, 5) is 0. The number of alkyl halides is 3. The van der Waals surface area contributed by atoms with Crippen molar-refractivity contribution in [1.82, 2.24) is 35.0 Å². The summed E-state index contributed by atoms with van der Waals surface area (Å²) in [6.45, 7) is 4.04. The Kier molecular flexibility index (Phi) is 5.29. The third-order valence-electron chi connectivity index (χ3n) is 4.43. The van der Waals surface area contributed by atoms with Crippen molar-refractivity contribution in [2.24, 2.45) is 0 Å². The number of aryl methyl sites for hydroxylation is 2. The number of hydrogen-bond donors (Lipinski definition) is 0. The third-order valence-corrected chi connectivity index (χ3v) is 5.37. The molecule has 2 aromatic heterocycles. The van der Waals surface area contributed by atoms with Crippen molar-refractivity contribution in [2.45, 2.75) is 30.9 Å². The first-order valence-electron chi connectivity index (χ1n) is 8.88. The standard InChI is InChI=1S/C19H16F3N7S/c1-12-3-8-16(13(2)9-12)28-11-23-25-18(28)30-10-17-24-26-27-29(17)15-6-4-14(5-7-15)19(20,21)22/h3-9,11H,10H2,1-2H3. The van der Waals surface area contributed by atoms with Gasteiger partial charge in [-0.15, -0.1) is 15.3 Å². The Morgan fingerprint density at radius 2 is 1.77 bits per heavy atom. The Morgan fingerprint density at radius 1 is 1.00 bits per heavy atom. The molecule has 0 aliphatic rings. The molecule has 2 aromatic carbocycles. The lowest BCUT2D eigenvalue weighted by molar-refractivity contribution is -0.137. The molecule has 0 saturated heterocycles. The van der Waals surface area contributed by atoms with E-state index in [1.807, 2.05) is 30.5 Å². The Hall–Kier alpha value is -3.21. The summed E-state index contributed by atoms with van der Waals surface area (Å²) in [5.41, 5.74) is 2.94. The van der Waals surface area contributed by atoms with E-state index in [2.05, 4.69) is 31.8 Å². The number of hydrogen-bond acceptors (Lipinski definition) is 6. The fourth-order valence-electron chi connectivity index (χ4n) is 2.98. The van der Waals surface area contributed by atoms with Crippen LogP contribution in [0.25, 0.3) is 11.4 Å². The average Bonchev–Trinajstić information content (AvgIpc) is 3.35. The average molecular weight is 431 g/mol. The molecule has 2 heterocycles. The van der Waals surface area contributed by atoms with E-state index in [0.717, 1.165) is 28.9 Å². The summed E-state index contributed by atoms with van der Waals surface area (Å²) in [7, 11) is 0. The van der Waals surface area contributed by atoms with Crippen molar-refractivity contribution in [3.8, 4) is 11.4 Å². The second-order valence-corrected chi connectivity index (χ2v) is 7.56. The van der Waals surface area contributed by atoms with E-state index < -0.39 is 11.7 Å². The molecule has 0 atom stereocenters. The minimum atomic E-state index is -4.39. The van der Waals surface area contributed by atoms with E-state index >= 15 is 0 Å². The van der Waals surface area contributed by atoms with Gasteiger partial charge in [-0.25, -0.2) is 0 Å². The lowest BCUT2D eigenvalue weighted by Gasteiger charge is -2.10. The second kappa shape index (κ2) is 7.90. The number of aromatic nitrogens is 7. The van der Waals surface area contributed by atoms with Crippen LogP contribution in [0.2, 0.25) is 0 Å². The van der Waals surface area contributed by atoms with Crippen LogP contribution in [0.15, 0.2) is 53.9 Å². The van der Waals surface area contributed by atoms with Gasteiger partial charge >= 0.3 is 6.18 Å². The van der Waals surface area contributed by atoms with Gasteiger partial charge in [0.05, 0.1) is 22.7 Å². The lowest BCUT2D eigenvalue weighted by Crippen LogP contribution is -2.07. The molecule has 4 rings (SSSR count). The molecule has 7 nitrogen and oxygen atoms in total. The van der Waals surface area contributed by atoms with Gasteiger partial charge < -0.3 is 0 Å². The first-order chi connectivity index (χ1) is 14.3. The number of tetrazole rings is 1. The molecule has 0 bridgehead atoms. The van der Waals surface area contributed by atoms with Crippen molar-refractivity contribution < 1.29 is 13.2 Å². The predicted octanol–water partition coefficient (Wildman–Crippen LogP) is 4.17. The number of nitrogens with zero attached hydrogens (tertiary/aromatic N) is 7. The third kappa shape index (κ3) is 4.06. The number of halogens is 3. The van der Waals surface area contributed by atoms with Crippen LogP contribution in [0.4, 0.5) is 13.2 Å². The minimum absolute atomic E-state index is 0.359. The van der Waals surface area contributed by atoms with Crippen LogP contribution in [0.1, 0.15) is 22.5 Å². The molecule has 154 valence electrons. The number of rotatable bonds is 5. The molecule has 0 aliphatic carbocycles. The van der Waals surface area contributed by atoms with E-state index in [0.29, 0.717) is 22.4 Å². The summed E-state index contributed by atoms with van der Waals surface area (Å²) < 4.78 is 41.6. The predicted molar refractivity (Wildman–Crippen MR) is 105 cm³/mol. The Balaban J connectivity index is 1.55. The molecule has 0 saturated carbocycles. The number of thioether (sulfide) groups is 1. The Bertz CT molecular complexity index is 1170. The second-order valence-electron chi connectivity index (χ2n) is 6.61. The van der Waals surface area contributed by atoms with Crippen LogP contribution >= 0.6 is 11.8 Å². The van der Waals surface area contributed by atoms with Crippen LogP contribution in [0.5, 0.6) is 0 Å². The van der Waals surface area contributed by atoms with Crippen molar-refractivity contribution in [3.05, 3.63) is 71.3 Å². The van der Waals surface area contributed by atoms with E-state index in [1.165, 1.54) is 28.6 Å². The van der Waals surface area contributed by atoms with Crippen LogP contribution in [0.3, 0.4) is 0 Å². The van der Waals surface area contributed by atoms with Crippen molar-refractivity contribution in [2.75, 3.05) is 0 Å². The molecule has 4 aromatic rings. The van der Waals surface area contributed by atoms with E-state index in [-0.39, 0.29) is 0 Å². The van der Waals surface area contributed by atoms with Gasteiger partial charge in [-0.2, -0.15) is 17.9 Å². The van der Waals surface area contributed by atoms with Gasteiger partial charge in [0.1, 0.15) is 6.33 Å². The summed E-state index contributed by atoms with van der Waals surface area (Å²) in [6, 6.07) is 10.8. The van der Waals surface area contributed by atoms with E-state index in [4.69, 9.17) is 0 Å². The Morgan fingerprint density at radius 3 is 2.47 bits per heavy atom. The van der Waals surface area contributed by atoms with Crippen LogP contribution < -0.4 is 0 Å². The topological polar surface area (TPSA) is 74.3 Å². The zero-order valence-electron chi connectivity index (χ0n) is 16.0. The zero-order chi connectivity index (χ0) is 21.3. The van der Waals surface area contributed by atoms with Crippen molar-refractivity contribution >= 4 is 11.8 Å². The number of benzene rings is 2. The molecule has 0 unspecified atom stereocenters. The minimum Gasteiger partial charge on any atom is -0.276 e. The first-order valence-corrected chi connectivity index (χ1v) is 9.87. The van der Waals surface area contributed by atoms with Crippen LogP contribution in [0, 0.1) is 13.8 Å². The fourth-order valence-corrected chi connectivity index (χ4v) is 3.81. The molecular weight excluding hydrogens is 415 g/mol. The van der Waals surface area contributed by atoms with Gasteiger partial charge in [0.2, 0.25) is 0 Å². The first kappa shape index (κ1) is 20.1. The molecule has 30 heavy (non-hydrogen) atoms.